The molecule has 2 saturated heterocycles. The van der Waals surface area contributed by atoms with Gasteiger partial charge in [0.25, 0.3) is 0 Å². The highest BCUT2D eigenvalue weighted by molar-refractivity contribution is 6.04. The van der Waals surface area contributed by atoms with Gasteiger partial charge in [-0.15, -0.1) is 0 Å². The van der Waals surface area contributed by atoms with Gasteiger partial charge in [-0.25, -0.2) is 0 Å². The third-order valence-electron chi connectivity index (χ3n) is 5.30. The minimum Gasteiger partial charge on any atom is -0.347 e. The lowest BCUT2D eigenvalue weighted by atomic mass is 9.88. The van der Waals surface area contributed by atoms with E-state index in [0.29, 0.717) is 45.7 Å². The molecule has 0 bridgehead atoms. The fourth-order valence-electron chi connectivity index (χ4n) is 3.73. The average Bonchev–Trinajstić information content (AvgIpc) is 3.10. The van der Waals surface area contributed by atoms with Crippen molar-refractivity contribution < 1.29 is 19.1 Å². The number of benzene rings is 1. The zero-order chi connectivity index (χ0) is 18.8. The molecule has 1 aromatic carbocycles. The molecule has 2 aliphatic heterocycles. The second-order valence-electron chi connectivity index (χ2n) is 7.67. The number of rotatable bonds is 4. The van der Waals surface area contributed by atoms with Crippen molar-refractivity contribution in [3.05, 3.63) is 35.9 Å². The van der Waals surface area contributed by atoms with E-state index in [-0.39, 0.29) is 11.8 Å². The van der Waals surface area contributed by atoms with Gasteiger partial charge in [-0.05, 0) is 19.4 Å². The van der Waals surface area contributed by atoms with Crippen LogP contribution in [0.15, 0.2) is 30.3 Å². The third-order valence-corrected chi connectivity index (χ3v) is 5.30. The summed E-state index contributed by atoms with van der Waals surface area (Å²) in [6.45, 7) is 6.25. The van der Waals surface area contributed by atoms with Crippen LogP contribution in [0.2, 0.25) is 0 Å². The van der Waals surface area contributed by atoms with Gasteiger partial charge in [0.1, 0.15) is 5.41 Å². The van der Waals surface area contributed by atoms with Gasteiger partial charge in [0.05, 0.1) is 13.2 Å². The Bertz CT molecular complexity index is 643. The second-order valence-corrected chi connectivity index (χ2v) is 7.67. The Morgan fingerprint density at radius 1 is 1.12 bits per heavy atom. The Kier molecular flexibility index (Phi) is 5.34. The first-order valence-corrected chi connectivity index (χ1v) is 9.21. The van der Waals surface area contributed by atoms with Crippen molar-refractivity contribution in [3.63, 3.8) is 0 Å². The SMILES string of the molecule is CN(Cc1ccccc1)C(=O)C(C)(C)C(=O)N1CCC2(CC1)OCCO2. The van der Waals surface area contributed by atoms with E-state index in [2.05, 4.69) is 0 Å². The summed E-state index contributed by atoms with van der Waals surface area (Å²) in [6.07, 6.45) is 1.31. The van der Waals surface area contributed by atoms with E-state index in [1.165, 1.54) is 0 Å². The molecule has 6 nitrogen and oxygen atoms in total. The number of carbonyl (C=O) groups is 2. The van der Waals surface area contributed by atoms with Crippen LogP contribution in [0.25, 0.3) is 0 Å². The zero-order valence-corrected chi connectivity index (χ0v) is 15.9. The van der Waals surface area contributed by atoms with E-state index in [1.54, 1.807) is 30.7 Å². The van der Waals surface area contributed by atoms with E-state index in [9.17, 15) is 9.59 Å². The van der Waals surface area contributed by atoms with Crippen LogP contribution in [0.5, 0.6) is 0 Å². The van der Waals surface area contributed by atoms with Gasteiger partial charge >= 0.3 is 0 Å². The largest absolute Gasteiger partial charge is 0.347 e. The maximum atomic E-state index is 13.0. The Labute approximate surface area is 155 Å². The highest BCUT2D eigenvalue weighted by Gasteiger charge is 2.45. The Hall–Kier alpha value is -1.92. The number of amides is 2. The summed E-state index contributed by atoms with van der Waals surface area (Å²) in [7, 11) is 1.75. The normalized spacial score (nSPS) is 19.6. The molecule has 0 atom stereocenters. The Morgan fingerprint density at radius 2 is 1.69 bits per heavy atom. The van der Waals surface area contributed by atoms with Crippen molar-refractivity contribution in [1.82, 2.24) is 9.80 Å². The quantitative estimate of drug-likeness (QED) is 0.771. The Morgan fingerprint density at radius 3 is 2.27 bits per heavy atom. The van der Waals surface area contributed by atoms with Crippen molar-refractivity contribution >= 4 is 11.8 Å². The molecule has 1 aromatic rings. The van der Waals surface area contributed by atoms with Gasteiger partial charge in [0, 0.05) is 39.5 Å². The molecule has 26 heavy (non-hydrogen) atoms. The molecule has 0 radical (unpaired) electrons. The summed E-state index contributed by atoms with van der Waals surface area (Å²) < 4.78 is 11.4. The fraction of sp³-hybridized carbons (Fsp3) is 0.600. The van der Waals surface area contributed by atoms with E-state index >= 15 is 0 Å². The number of likely N-dealkylation sites (tertiary alicyclic amines) is 1. The van der Waals surface area contributed by atoms with Gasteiger partial charge in [-0.2, -0.15) is 0 Å². The van der Waals surface area contributed by atoms with Gasteiger partial charge in [0.2, 0.25) is 11.8 Å². The maximum absolute atomic E-state index is 13.0. The van der Waals surface area contributed by atoms with Gasteiger partial charge in [-0.3, -0.25) is 9.59 Å². The van der Waals surface area contributed by atoms with Crippen molar-refractivity contribution in [2.24, 2.45) is 5.41 Å². The van der Waals surface area contributed by atoms with Crippen LogP contribution in [0, 0.1) is 5.41 Å². The van der Waals surface area contributed by atoms with Crippen LogP contribution in [-0.2, 0) is 25.6 Å². The molecule has 0 saturated carbocycles. The number of ether oxygens (including phenoxy) is 2. The van der Waals surface area contributed by atoms with Crippen LogP contribution in [0.1, 0.15) is 32.3 Å². The zero-order valence-electron chi connectivity index (χ0n) is 15.9. The number of carbonyl (C=O) groups excluding carboxylic acids is 2. The monoisotopic (exact) mass is 360 g/mol. The summed E-state index contributed by atoms with van der Waals surface area (Å²) in [4.78, 5) is 29.3. The minimum absolute atomic E-state index is 0.129. The van der Waals surface area contributed by atoms with Crippen LogP contribution < -0.4 is 0 Å². The van der Waals surface area contributed by atoms with Crippen LogP contribution in [0.3, 0.4) is 0 Å². The molecular formula is C20H28N2O4. The number of hydrogen-bond donors (Lipinski definition) is 0. The van der Waals surface area contributed by atoms with Crippen molar-refractivity contribution in [2.75, 3.05) is 33.4 Å². The van der Waals surface area contributed by atoms with E-state index in [1.807, 2.05) is 30.3 Å². The van der Waals surface area contributed by atoms with Gasteiger partial charge < -0.3 is 19.3 Å². The molecule has 0 aromatic heterocycles. The third kappa shape index (κ3) is 3.76. The topological polar surface area (TPSA) is 59.1 Å². The fourth-order valence-corrected chi connectivity index (χ4v) is 3.73. The van der Waals surface area contributed by atoms with E-state index < -0.39 is 11.2 Å². The van der Waals surface area contributed by atoms with Crippen molar-refractivity contribution in [1.29, 1.82) is 0 Å². The minimum atomic E-state index is -1.09. The molecule has 2 amide bonds. The summed E-state index contributed by atoms with van der Waals surface area (Å²) in [5.41, 5.74) is -0.0483. The molecule has 0 unspecified atom stereocenters. The van der Waals surface area contributed by atoms with E-state index in [4.69, 9.17) is 9.47 Å². The lowest BCUT2D eigenvalue weighted by Gasteiger charge is -2.40. The Balaban J connectivity index is 1.61. The van der Waals surface area contributed by atoms with Crippen LogP contribution in [-0.4, -0.2) is 60.8 Å². The standard InChI is InChI=1S/C20H28N2O4/c1-19(2,17(23)21(3)15-16-7-5-4-6-8-16)18(24)22-11-9-20(10-12-22)25-13-14-26-20/h4-8H,9-15H2,1-3H3. The smallest absolute Gasteiger partial charge is 0.237 e. The predicted molar refractivity (Wildman–Crippen MR) is 97.1 cm³/mol. The molecule has 3 rings (SSSR count). The predicted octanol–water partition coefficient (Wildman–Crippen LogP) is 2.04. The van der Waals surface area contributed by atoms with Crippen molar-refractivity contribution in [2.45, 2.75) is 39.0 Å². The molecule has 2 fully saturated rings. The first-order valence-electron chi connectivity index (χ1n) is 9.21. The molecule has 6 heteroatoms. The molecule has 2 aliphatic rings. The number of piperidine rings is 1. The lowest BCUT2D eigenvalue weighted by Crippen LogP contribution is -2.54. The molecular weight excluding hydrogens is 332 g/mol. The van der Waals surface area contributed by atoms with Crippen LogP contribution >= 0.6 is 0 Å². The molecule has 0 aliphatic carbocycles. The highest BCUT2D eigenvalue weighted by Crippen LogP contribution is 2.33. The summed E-state index contributed by atoms with van der Waals surface area (Å²) in [6, 6.07) is 9.79. The number of nitrogens with zero attached hydrogens (tertiary/aromatic N) is 2. The average molecular weight is 360 g/mol. The molecule has 142 valence electrons. The first kappa shape index (κ1) is 18.9. The number of hydrogen-bond acceptors (Lipinski definition) is 4. The summed E-state index contributed by atoms with van der Waals surface area (Å²) >= 11 is 0. The summed E-state index contributed by atoms with van der Waals surface area (Å²) in [5.74, 6) is -0.815. The second kappa shape index (κ2) is 7.37. The summed E-state index contributed by atoms with van der Waals surface area (Å²) in [5, 5.41) is 0. The molecule has 0 N–H and O–H groups in total. The van der Waals surface area contributed by atoms with Crippen LogP contribution in [0.4, 0.5) is 0 Å². The maximum Gasteiger partial charge on any atom is 0.237 e. The molecule has 1 spiro atoms. The lowest BCUT2D eigenvalue weighted by molar-refractivity contribution is -0.190. The van der Waals surface area contributed by atoms with Gasteiger partial charge in [0.15, 0.2) is 5.79 Å². The molecule has 2 heterocycles. The first-order chi connectivity index (χ1) is 12.3. The van der Waals surface area contributed by atoms with Crippen molar-refractivity contribution in [3.8, 4) is 0 Å². The van der Waals surface area contributed by atoms with E-state index in [0.717, 1.165) is 5.56 Å². The van der Waals surface area contributed by atoms with Gasteiger partial charge in [-0.1, -0.05) is 30.3 Å². The highest BCUT2D eigenvalue weighted by atomic mass is 16.7.